The SMILES string of the molecule is [NH3+]C[C@@H](O)C[NH+]1CCOCC1. The van der Waals surface area contributed by atoms with Gasteiger partial charge in [-0.1, -0.05) is 0 Å². The predicted molar refractivity (Wildman–Crippen MR) is 40.1 cm³/mol. The van der Waals surface area contributed by atoms with Gasteiger partial charge in [-0.15, -0.1) is 0 Å². The van der Waals surface area contributed by atoms with Crippen molar-refractivity contribution in [2.24, 2.45) is 0 Å². The Hall–Kier alpha value is -0.160. The van der Waals surface area contributed by atoms with E-state index in [4.69, 9.17) is 4.74 Å². The molecule has 0 aromatic heterocycles. The molecule has 0 aromatic rings. The summed E-state index contributed by atoms with van der Waals surface area (Å²) in [5.74, 6) is 0. The highest BCUT2D eigenvalue weighted by molar-refractivity contribution is 4.48. The second-order valence-corrected chi connectivity index (χ2v) is 3.01. The lowest BCUT2D eigenvalue weighted by Crippen LogP contribution is -3.15. The molecule has 66 valence electrons. The Morgan fingerprint density at radius 3 is 2.64 bits per heavy atom. The van der Waals surface area contributed by atoms with Crippen molar-refractivity contribution in [1.29, 1.82) is 0 Å². The normalized spacial score (nSPS) is 23.5. The van der Waals surface area contributed by atoms with E-state index in [2.05, 4.69) is 5.73 Å². The summed E-state index contributed by atoms with van der Waals surface area (Å²) in [6.07, 6.45) is -0.233. The van der Waals surface area contributed by atoms with Crippen LogP contribution in [0, 0.1) is 0 Å². The van der Waals surface area contributed by atoms with Crippen LogP contribution in [0.25, 0.3) is 0 Å². The van der Waals surface area contributed by atoms with Crippen LogP contribution in [-0.2, 0) is 4.74 Å². The average molecular weight is 162 g/mol. The molecule has 0 radical (unpaired) electrons. The minimum absolute atomic E-state index is 0.233. The van der Waals surface area contributed by atoms with Crippen LogP contribution in [0.15, 0.2) is 0 Å². The molecule has 0 amide bonds. The Bertz CT molecular complexity index is 105. The Labute approximate surface area is 66.9 Å². The lowest BCUT2D eigenvalue weighted by Gasteiger charge is -2.24. The van der Waals surface area contributed by atoms with Crippen molar-refractivity contribution < 1.29 is 20.5 Å². The molecule has 5 N–H and O–H groups in total. The maximum Gasteiger partial charge on any atom is 0.151 e. The summed E-state index contributed by atoms with van der Waals surface area (Å²) in [6.45, 7) is 5.16. The van der Waals surface area contributed by atoms with E-state index in [0.29, 0.717) is 6.54 Å². The molecular formula is C7H18N2O2+2. The van der Waals surface area contributed by atoms with Gasteiger partial charge in [-0.3, -0.25) is 0 Å². The van der Waals surface area contributed by atoms with E-state index in [1.807, 2.05) is 0 Å². The topological polar surface area (TPSA) is 61.5 Å². The second kappa shape index (κ2) is 4.66. The van der Waals surface area contributed by atoms with Gasteiger partial charge in [0.05, 0.1) is 13.2 Å². The quantitative estimate of drug-likeness (QED) is 0.403. The first-order chi connectivity index (χ1) is 5.33. The number of nitrogens with one attached hydrogen (secondary N) is 1. The molecule has 1 saturated heterocycles. The van der Waals surface area contributed by atoms with Crippen LogP contribution in [0.5, 0.6) is 0 Å². The Kier molecular flexibility index (Phi) is 3.79. The number of ether oxygens (including phenoxy) is 1. The minimum Gasteiger partial charge on any atom is -0.382 e. The van der Waals surface area contributed by atoms with Crippen molar-refractivity contribution in [3.8, 4) is 0 Å². The average Bonchev–Trinajstić information content (AvgIpc) is 2.06. The maximum atomic E-state index is 9.29. The van der Waals surface area contributed by atoms with Crippen molar-refractivity contribution in [3.63, 3.8) is 0 Å². The van der Waals surface area contributed by atoms with Crippen molar-refractivity contribution in [2.75, 3.05) is 39.4 Å². The molecule has 1 aliphatic rings. The number of aliphatic hydroxyl groups is 1. The first-order valence-corrected chi connectivity index (χ1v) is 4.21. The first kappa shape index (κ1) is 8.93. The van der Waals surface area contributed by atoms with Crippen molar-refractivity contribution in [1.82, 2.24) is 0 Å². The first-order valence-electron chi connectivity index (χ1n) is 4.21. The summed E-state index contributed by atoms with van der Waals surface area (Å²) in [5, 5.41) is 9.29. The number of morpholine rings is 1. The van der Waals surface area contributed by atoms with Gasteiger partial charge >= 0.3 is 0 Å². The Balaban J connectivity index is 2.13. The number of rotatable bonds is 3. The van der Waals surface area contributed by atoms with Gasteiger partial charge in [0.25, 0.3) is 0 Å². The highest BCUT2D eigenvalue weighted by Gasteiger charge is 2.17. The van der Waals surface area contributed by atoms with Gasteiger partial charge in [0.15, 0.2) is 6.10 Å². The summed E-state index contributed by atoms with van der Waals surface area (Å²) in [6, 6.07) is 0. The van der Waals surface area contributed by atoms with Crippen LogP contribution in [-0.4, -0.2) is 50.6 Å². The molecule has 1 rings (SSSR count). The van der Waals surface area contributed by atoms with Crippen LogP contribution in [0.3, 0.4) is 0 Å². The second-order valence-electron chi connectivity index (χ2n) is 3.01. The van der Waals surface area contributed by atoms with Crippen LogP contribution in [0.1, 0.15) is 0 Å². The molecule has 4 nitrogen and oxygen atoms in total. The fraction of sp³-hybridized carbons (Fsp3) is 1.00. The van der Waals surface area contributed by atoms with Gasteiger partial charge in [0.1, 0.15) is 26.2 Å². The third-order valence-corrected chi connectivity index (χ3v) is 2.06. The van der Waals surface area contributed by atoms with E-state index < -0.39 is 0 Å². The van der Waals surface area contributed by atoms with E-state index in [0.717, 1.165) is 32.8 Å². The van der Waals surface area contributed by atoms with Crippen LogP contribution in [0.4, 0.5) is 0 Å². The molecule has 0 saturated carbocycles. The zero-order valence-corrected chi connectivity index (χ0v) is 6.88. The lowest BCUT2D eigenvalue weighted by molar-refractivity contribution is -0.911. The van der Waals surface area contributed by atoms with Gasteiger partial charge in [0, 0.05) is 0 Å². The fourth-order valence-electron chi connectivity index (χ4n) is 1.30. The predicted octanol–water partition coefficient (Wildman–Crippen LogP) is -3.50. The number of hydrogen-bond donors (Lipinski definition) is 3. The van der Waals surface area contributed by atoms with Gasteiger partial charge < -0.3 is 20.5 Å². The standard InChI is InChI=1S/C7H16N2O2/c8-5-7(10)6-9-1-3-11-4-2-9/h7,10H,1-6,8H2/p+2/t7-/m1/s1. The van der Waals surface area contributed by atoms with Gasteiger partial charge in [-0.2, -0.15) is 0 Å². The molecule has 0 aliphatic carbocycles. The molecule has 0 spiro atoms. The van der Waals surface area contributed by atoms with Crippen molar-refractivity contribution in [2.45, 2.75) is 6.10 Å². The van der Waals surface area contributed by atoms with E-state index in [-0.39, 0.29) is 6.10 Å². The molecule has 0 unspecified atom stereocenters. The fourth-order valence-corrected chi connectivity index (χ4v) is 1.30. The molecular weight excluding hydrogens is 144 g/mol. The Morgan fingerprint density at radius 1 is 1.45 bits per heavy atom. The molecule has 11 heavy (non-hydrogen) atoms. The van der Waals surface area contributed by atoms with Crippen LogP contribution < -0.4 is 10.6 Å². The third-order valence-electron chi connectivity index (χ3n) is 2.06. The number of hydrogen-bond acceptors (Lipinski definition) is 2. The highest BCUT2D eigenvalue weighted by atomic mass is 16.5. The van der Waals surface area contributed by atoms with E-state index >= 15 is 0 Å². The molecule has 1 heterocycles. The number of aliphatic hydroxyl groups excluding tert-OH is 1. The molecule has 1 aliphatic heterocycles. The van der Waals surface area contributed by atoms with Crippen LogP contribution >= 0.6 is 0 Å². The van der Waals surface area contributed by atoms with Gasteiger partial charge in [-0.05, 0) is 0 Å². The largest absolute Gasteiger partial charge is 0.382 e. The van der Waals surface area contributed by atoms with Crippen LogP contribution in [0.2, 0.25) is 0 Å². The van der Waals surface area contributed by atoms with Gasteiger partial charge in [-0.25, -0.2) is 0 Å². The van der Waals surface area contributed by atoms with Crippen molar-refractivity contribution in [3.05, 3.63) is 0 Å². The van der Waals surface area contributed by atoms with Gasteiger partial charge in [0.2, 0.25) is 0 Å². The summed E-state index contributed by atoms with van der Waals surface area (Å²) < 4.78 is 5.20. The highest BCUT2D eigenvalue weighted by Crippen LogP contribution is 1.76. The van der Waals surface area contributed by atoms with Crippen molar-refractivity contribution >= 4 is 0 Å². The zero-order valence-electron chi connectivity index (χ0n) is 6.88. The summed E-state index contributed by atoms with van der Waals surface area (Å²) in [7, 11) is 0. The molecule has 1 atom stereocenters. The summed E-state index contributed by atoms with van der Waals surface area (Å²) in [4.78, 5) is 1.44. The van der Waals surface area contributed by atoms with E-state index in [1.54, 1.807) is 0 Å². The lowest BCUT2D eigenvalue weighted by atomic mass is 10.3. The zero-order chi connectivity index (χ0) is 8.10. The van der Waals surface area contributed by atoms with E-state index in [1.165, 1.54) is 4.90 Å². The smallest absolute Gasteiger partial charge is 0.151 e. The summed E-state index contributed by atoms with van der Waals surface area (Å²) >= 11 is 0. The minimum atomic E-state index is -0.233. The number of quaternary nitrogens is 2. The monoisotopic (exact) mass is 162 g/mol. The molecule has 0 aromatic carbocycles. The molecule has 4 heteroatoms. The Morgan fingerprint density at radius 2 is 2.09 bits per heavy atom. The summed E-state index contributed by atoms with van der Waals surface area (Å²) in [5.41, 5.74) is 3.66. The van der Waals surface area contributed by atoms with E-state index in [9.17, 15) is 5.11 Å². The molecule has 0 bridgehead atoms. The molecule has 1 fully saturated rings. The third kappa shape index (κ3) is 3.16. The maximum absolute atomic E-state index is 9.29.